The molecule has 0 bridgehead atoms. The van der Waals surface area contributed by atoms with Crippen LogP contribution in [0.3, 0.4) is 0 Å². The summed E-state index contributed by atoms with van der Waals surface area (Å²) >= 11 is 5.82. The van der Waals surface area contributed by atoms with Crippen LogP contribution in [0.15, 0.2) is 48.8 Å². The molecule has 3 aromatic rings. The minimum atomic E-state index is -1.11. The third kappa shape index (κ3) is 2.61. The van der Waals surface area contributed by atoms with Gasteiger partial charge in [0.2, 0.25) is 0 Å². The van der Waals surface area contributed by atoms with Gasteiger partial charge in [0.25, 0.3) is 0 Å². The second-order valence-corrected chi connectivity index (χ2v) is 4.62. The smallest absolute Gasteiger partial charge is 0.356 e. The lowest BCUT2D eigenvalue weighted by atomic mass is 10.2. The van der Waals surface area contributed by atoms with E-state index in [9.17, 15) is 4.79 Å². The van der Waals surface area contributed by atoms with Crippen molar-refractivity contribution in [1.82, 2.24) is 19.7 Å². The quantitative estimate of drug-likeness (QED) is 0.804. The average molecular weight is 301 g/mol. The molecule has 0 radical (unpaired) electrons. The maximum Gasteiger partial charge on any atom is 0.356 e. The van der Waals surface area contributed by atoms with E-state index < -0.39 is 5.97 Å². The van der Waals surface area contributed by atoms with Crippen molar-refractivity contribution in [2.45, 2.75) is 0 Å². The number of pyridine rings is 2. The van der Waals surface area contributed by atoms with Crippen molar-refractivity contribution >= 4 is 17.6 Å². The van der Waals surface area contributed by atoms with Gasteiger partial charge in [-0.25, -0.2) is 14.5 Å². The lowest BCUT2D eigenvalue weighted by Crippen LogP contribution is -2.04. The molecule has 3 heterocycles. The molecule has 0 aliphatic carbocycles. The molecular weight excluding hydrogens is 292 g/mol. The number of carboxylic acids is 1. The number of halogens is 1. The molecule has 1 N–H and O–H groups in total. The van der Waals surface area contributed by atoms with Crippen LogP contribution >= 0.6 is 11.6 Å². The summed E-state index contributed by atoms with van der Waals surface area (Å²) in [5, 5.41) is 13.7. The minimum Gasteiger partial charge on any atom is -0.476 e. The second-order valence-electron chi connectivity index (χ2n) is 4.18. The number of hydrogen-bond donors (Lipinski definition) is 1. The van der Waals surface area contributed by atoms with E-state index in [0.717, 1.165) is 0 Å². The van der Waals surface area contributed by atoms with Crippen molar-refractivity contribution in [3.05, 3.63) is 59.5 Å². The molecule has 0 fully saturated rings. The van der Waals surface area contributed by atoms with E-state index in [1.165, 1.54) is 16.9 Å². The van der Waals surface area contributed by atoms with E-state index in [-0.39, 0.29) is 5.69 Å². The van der Waals surface area contributed by atoms with Crippen LogP contribution in [0.25, 0.3) is 17.2 Å². The van der Waals surface area contributed by atoms with Crippen LogP contribution in [0.4, 0.5) is 0 Å². The van der Waals surface area contributed by atoms with E-state index in [1.54, 1.807) is 36.5 Å². The van der Waals surface area contributed by atoms with E-state index in [2.05, 4.69) is 15.1 Å². The largest absolute Gasteiger partial charge is 0.476 e. The van der Waals surface area contributed by atoms with Gasteiger partial charge >= 0.3 is 5.97 Å². The van der Waals surface area contributed by atoms with Crippen LogP contribution in [0, 0.1) is 0 Å². The zero-order valence-corrected chi connectivity index (χ0v) is 11.4. The SMILES string of the molecule is O=C(O)c1cc(-c2ccc(Cl)cn2)n(-c2ccccn2)n1. The summed E-state index contributed by atoms with van der Waals surface area (Å²) < 4.78 is 1.44. The van der Waals surface area contributed by atoms with E-state index in [4.69, 9.17) is 16.7 Å². The Morgan fingerprint density at radius 3 is 2.67 bits per heavy atom. The number of hydrogen-bond acceptors (Lipinski definition) is 4. The lowest BCUT2D eigenvalue weighted by Gasteiger charge is -2.05. The predicted octanol–water partition coefficient (Wildman–Crippen LogP) is 2.68. The van der Waals surface area contributed by atoms with Gasteiger partial charge < -0.3 is 5.11 Å². The number of aromatic nitrogens is 4. The Labute approximate surface area is 124 Å². The standard InChI is InChI=1S/C14H9ClN4O2/c15-9-4-5-10(17-8-9)12-7-11(14(20)21)18-19(12)13-3-1-2-6-16-13/h1-8H,(H,20,21). The highest BCUT2D eigenvalue weighted by Gasteiger charge is 2.17. The lowest BCUT2D eigenvalue weighted by molar-refractivity contribution is 0.0690. The van der Waals surface area contributed by atoms with Gasteiger partial charge in [-0.05, 0) is 24.3 Å². The second kappa shape index (κ2) is 5.34. The highest BCUT2D eigenvalue weighted by Crippen LogP contribution is 2.22. The van der Waals surface area contributed by atoms with Crippen molar-refractivity contribution in [2.24, 2.45) is 0 Å². The number of aromatic carboxylic acids is 1. The van der Waals surface area contributed by atoms with Gasteiger partial charge in [0.15, 0.2) is 11.5 Å². The molecule has 7 heteroatoms. The van der Waals surface area contributed by atoms with Crippen LogP contribution in [-0.4, -0.2) is 30.8 Å². The summed E-state index contributed by atoms with van der Waals surface area (Å²) in [4.78, 5) is 19.5. The molecule has 6 nitrogen and oxygen atoms in total. The molecule has 0 atom stereocenters. The molecule has 0 saturated heterocycles. The summed E-state index contributed by atoms with van der Waals surface area (Å²) in [6.07, 6.45) is 3.10. The van der Waals surface area contributed by atoms with Crippen LogP contribution in [0.5, 0.6) is 0 Å². The van der Waals surface area contributed by atoms with Gasteiger partial charge in [0.1, 0.15) is 0 Å². The van der Waals surface area contributed by atoms with Crippen molar-refractivity contribution in [3.8, 4) is 17.2 Å². The molecule has 0 saturated carbocycles. The summed E-state index contributed by atoms with van der Waals surface area (Å²) in [6, 6.07) is 10.1. The Hall–Kier alpha value is -2.73. The van der Waals surface area contributed by atoms with Gasteiger partial charge in [-0.15, -0.1) is 0 Å². The van der Waals surface area contributed by atoms with Gasteiger partial charge in [-0.3, -0.25) is 4.98 Å². The van der Waals surface area contributed by atoms with Crippen LogP contribution in [0.1, 0.15) is 10.5 Å². The Morgan fingerprint density at radius 2 is 2.05 bits per heavy atom. The fourth-order valence-corrected chi connectivity index (χ4v) is 1.96. The number of carboxylic acid groups (broad SMARTS) is 1. The zero-order chi connectivity index (χ0) is 14.8. The Balaban J connectivity index is 2.19. The molecule has 0 aliphatic heterocycles. The van der Waals surface area contributed by atoms with E-state index >= 15 is 0 Å². The highest BCUT2D eigenvalue weighted by atomic mass is 35.5. The molecule has 0 spiro atoms. The third-order valence-electron chi connectivity index (χ3n) is 2.78. The fraction of sp³-hybridized carbons (Fsp3) is 0. The Bertz CT molecular complexity index is 784. The van der Waals surface area contributed by atoms with Crippen LogP contribution in [0.2, 0.25) is 5.02 Å². The van der Waals surface area contributed by atoms with Gasteiger partial charge in [-0.2, -0.15) is 5.10 Å². The molecule has 0 unspecified atom stereocenters. The van der Waals surface area contributed by atoms with Crippen LogP contribution < -0.4 is 0 Å². The number of rotatable bonds is 3. The third-order valence-corrected chi connectivity index (χ3v) is 3.01. The molecule has 0 aliphatic rings. The topological polar surface area (TPSA) is 80.9 Å². The zero-order valence-electron chi connectivity index (χ0n) is 10.6. The molecule has 3 rings (SSSR count). The van der Waals surface area contributed by atoms with Crippen molar-refractivity contribution in [1.29, 1.82) is 0 Å². The molecule has 104 valence electrons. The summed E-state index contributed by atoms with van der Waals surface area (Å²) in [6.45, 7) is 0. The summed E-state index contributed by atoms with van der Waals surface area (Å²) in [7, 11) is 0. The first-order valence-corrected chi connectivity index (χ1v) is 6.39. The first-order chi connectivity index (χ1) is 10.1. The van der Waals surface area contributed by atoms with E-state index in [1.807, 2.05) is 0 Å². The van der Waals surface area contributed by atoms with Crippen molar-refractivity contribution in [3.63, 3.8) is 0 Å². The van der Waals surface area contributed by atoms with Crippen LogP contribution in [-0.2, 0) is 0 Å². The van der Waals surface area contributed by atoms with Gasteiger partial charge in [0, 0.05) is 18.5 Å². The highest BCUT2D eigenvalue weighted by molar-refractivity contribution is 6.30. The molecule has 21 heavy (non-hydrogen) atoms. The van der Waals surface area contributed by atoms with Crippen molar-refractivity contribution in [2.75, 3.05) is 0 Å². The van der Waals surface area contributed by atoms with Gasteiger partial charge in [-0.1, -0.05) is 17.7 Å². The molecular formula is C14H9ClN4O2. The monoisotopic (exact) mass is 300 g/mol. The van der Waals surface area contributed by atoms with Crippen molar-refractivity contribution < 1.29 is 9.90 Å². The minimum absolute atomic E-state index is 0.0765. The Morgan fingerprint density at radius 1 is 1.19 bits per heavy atom. The molecule has 0 aromatic carbocycles. The summed E-state index contributed by atoms with van der Waals surface area (Å²) in [5.41, 5.74) is 1.01. The fourth-order valence-electron chi connectivity index (χ4n) is 1.85. The Kier molecular flexibility index (Phi) is 3.37. The molecule has 3 aromatic heterocycles. The van der Waals surface area contributed by atoms with E-state index in [0.29, 0.717) is 22.2 Å². The van der Waals surface area contributed by atoms with Gasteiger partial charge in [0.05, 0.1) is 16.4 Å². The normalized spacial score (nSPS) is 10.5. The first kappa shape index (κ1) is 13.3. The average Bonchev–Trinajstić information content (AvgIpc) is 2.94. The summed E-state index contributed by atoms with van der Waals surface area (Å²) in [5.74, 6) is -0.600. The maximum absolute atomic E-state index is 11.1. The predicted molar refractivity (Wildman–Crippen MR) is 76.6 cm³/mol. The number of nitrogens with zero attached hydrogens (tertiary/aromatic N) is 4. The first-order valence-electron chi connectivity index (χ1n) is 6.02. The maximum atomic E-state index is 11.1. The number of carbonyl (C=O) groups is 1. The molecule has 0 amide bonds.